The van der Waals surface area contributed by atoms with Crippen molar-refractivity contribution in [3.8, 4) is 5.75 Å². The zero-order chi connectivity index (χ0) is 14.8. The van der Waals surface area contributed by atoms with Gasteiger partial charge >= 0.3 is 0 Å². The van der Waals surface area contributed by atoms with E-state index in [2.05, 4.69) is 41.5 Å². The highest BCUT2D eigenvalue weighted by atomic mass is 16.3. The first-order valence-corrected chi connectivity index (χ1v) is 7.01. The molecule has 1 aromatic heterocycles. The van der Waals surface area contributed by atoms with Crippen LogP contribution in [0.15, 0.2) is 54.7 Å². The topological polar surface area (TPSA) is 45.2 Å². The van der Waals surface area contributed by atoms with E-state index in [0.29, 0.717) is 5.52 Å². The molecule has 1 heterocycles. The summed E-state index contributed by atoms with van der Waals surface area (Å²) in [5.74, 6) is 0.244. The summed E-state index contributed by atoms with van der Waals surface area (Å²) < 4.78 is 0. The number of phenolic OH excluding ortho intramolecular Hbond substituents is 1. The Morgan fingerprint density at radius 3 is 2.52 bits per heavy atom. The van der Waals surface area contributed by atoms with Crippen LogP contribution < -0.4 is 5.32 Å². The predicted octanol–water partition coefficient (Wildman–Crippen LogP) is 3.56. The molecule has 0 fully saturated rings. The maximum Gasteiger partial charge on any atom is 0.146 e. The molecular weight excluding hydrogens is 260 g/mol. The van der Waals surface area contributed by atoms with Crippen molar-refractivity contribution in [1.29, 1.82) is 0 Å². The van der Waals surface area contributed by atoms with Crippen LogP contribution in [0.2, 0.25) is 0 Å². The average molecular weight is 278 g/mol. The fraction of sp³-hybridized carbons (Fsp3) is 0.167. The molecule has 3 heteroatoms. The summed E-state index contributed by atoms with van der Waals surface area (Å²) in [4.78, 5) is 4.29. The quantitative estimate of drug-likeness (QED) is 0.770. The maximum atomic E-state index is 10.6. The largest absolute Gasteiger partial charge is 0.505 e. The summed E-state index contributed by atoms with van der Waals surface area (Å²) in [6, 6.07) is 16.0. The van der Waals surface area contributed by atoms with Gasteiger partial charge in [-0.25, -0.2) is 0 Å². The lowest BCUT2D eigenvalue weighted by Crippen LogP contribution is -2.17. The van der Waals surface area contributed by atoms with Gasteiger partial charge in [-0.3, -0.25) is 4.98 Å². The number of aryl methyl sites for hydroxylation is 1. The number of fused-ring (bicyclic) bond motifs is 1. The number of hydrogen-bond acceptors (Lipinski definition) is 3. The molecule has 0 saturated heterocycles. The Morgan fingerprint density at radius 2 is 1.81 bits per heavy atom. The van der Waals surface area contributed by atoms with E-state index in [1.165, 1.54) is 5.56 Å². The summed E-state index contributed by atoms with van der Waals surface area (Å²) in [5.41, 5.74) is 3.82. The van der Waals surface area contributed by atoms with Crippen LogP contribution in [0, 0.1) is 6.92 Å². The van der Waals surface area contributed by atoms with Crippen LogP contribution in [-0.4, -0.2) is 17.1 Å². The molecule has 3 rings (SSSR count). The standard InChI is InChI=1S/C18H18N2O/c1-12-5-7-14(8-6-12)16(19-2)15-10-9-13-4-3-11-20-17(13)18(15)21/h3-11,16,19,21H,1-2H3. The second kappa shape index (κ2) is 5.54. The molecule has 1 atom stereocenters. The Morgan fingerprint density at radius 1 is 1.05 bits per heavy atom. The minimum Gasteiger partial charge on any atom is -0.505 e. The lowest BCUT2D eigenvalue weighted by molar-refractivity contribution is 0.466. The van der Waals surface area contributed by atoms with Crippen molar-refractivity contribution in [3.63, 3.8) is 0 Å². The molecule has 0 radical (unpaired) electrons. The number of aromatic nitrogens is 1. The van der Waals surface area contributed by atoms with E-state index >= 15 is 0 Å². The van der Waals surface area contributed by atoms with Gasteiger partial charge in [0.05, 0.1) is 6.04 Å². The monoisotopic (exact) mass is 278 g/mol. The van der Waals surface area contributed by atoms with E-state index in [1.54, 1.807) is 6.20 Å². The van der Waals surface area contributed by atoms with Crippen molar-refractivity contribution < 1.29 is 5.11 Å². The van der Waals surface area contributed by atoms with E-state index in [-0.39, 0.29) is 11.8 Å². The molecule has 0 bridgehead atoms. The number of nitrogens with one attached hydrogen (secondary N) is 1. The van der Waals surface area contributed by atoms with Crippen molar-refractivity contribution in [2.24, 2.45) is 0 Å². The molecule has 0 spiro atoms. The first-order valence-electron chi connectivity index (χ1n) is 7.01. The van der Waals surface area contributed by atoms with Gasteiger partial charge in [0, 0.05) is 17.1 Å². The van der Waals surface area contributed by atoms with Crippen LogP contribution in [0.25, 0.3) is 10.9 Å². The Bertz CT molecular complexity index is 766. The minimum atomic E-state index is -0.0583. The summed E-state index contributed by atoms with van der Waals surface area (Å²) in [6.45, 7) is 2.07. The third-order valence-electron chi connectivity index (χ3n) is 3.79. The minimum absolute atomic E-state index is 0.0583. The maximum absolute atomic E-state index is 10.6. The molecule has 0 saturated carbocycles. The zero-order valence-electron chi connectivity index (χ0n) is 12.2. The predicted molar refractivity (Wildman–Crippen MR) is 85.5 cm³/mol. The highest BCUT2D eigenvalue weighted by Gasteiger charge is 2.17. The van der Waals surface area contributed by atoms with Gasteiger partial charge in [-0.15, -0.1) is 0 Å². The van der Waals surface area contributed by atoms with Crippen LogP contribution in [0.4, 0.5) is 0 Å². The van der Waals surface area contributed by atoms with Gasteiger partial charge in [0.25, 0.3) is 0 Å². The summed E-state index contributed by atoms with van der Waals surface area (Å²) >= 11 is 0. The summed E-state index contributed by atoms with van der Waals surface area (Å²) in [7, 11) is 1.90. The Balaban J connectivity index is 2.12. The zero-order valence-corrected chi connectivity index (χ0v) is 12.2. The average Bonchev–Trinajstić information content (AvgIpc) is 2.52. The Labute approximate surface area is 124 Å². The number of hydrogen-bond donors (Lipinski definition) is 2. The lowest BCUT2D eigenvalue weighted by Gasteiger charge is -2.19. The number of benzene rings is 2. The molecular formula is C18H18N2O. The van der Waals surface area contributed by atoms with Crippen molar-refractivity contribution >= 4 is 10.9 Å². The number of phenols is 1. The second-order valence-electron chi connectivity index (χ2n) is 5.21. The fourth-order valence-corrected chi connectivity index (χ4v) is 2.64. The second-order valence-corrected chi connectivity index (χ2v) is 5.21. The molecule has 3 aromatic rings. The van der Waals surface area contributed by atoms with E-state index in [4.69, 9.17) is 0 Å². The van der Waals surface area contributed by atoms with E-state index in [0.717, 1.165) is 16.5 Å². The normalized spacial score (nSPS) is 12.5. The molecule has 3 nitrogen and oxygen atoms in total. The third kappa shape index (κ3) is 2.48. The van der Waals surface area contributed by atoms with Gasteiger partial charge in [-0.2, -0.15) is 0 Å². The molecule has 0 amide bonds. The Kier molecular flexibility index (Phi) is 3.59. The smallest absolute Gasteiger partial charge is 0.146 e. The van der Waals surface area contributed by atoms with Crippen molar-refractivity contribution in [2.75, 3.05) is 7.05 Å². The molecule has 0 aliphatic rings. The van der Waals surface area contributed by atoms with Crippen LogP contribution in [-0.2, 0) is 0 Å². The van der Waals surface area contributed by atoms with Crippen LogP contribution >= 0.6 is 0 Å². The number of pyridine rings is 1. The molecule has 2 aromatic carbocycles. The van der Waals surface area contributed by atoms with E-state index in [9.17, 15) is 5.11 Å². The molecule has 106 valence electrons. The molecule has 2 N–H and O–H groups in total. The first-order chi connectivity index (χ1) is 10.2. The molecule has 1 unspecified atom stereocenters. The third-order valence-corrected chi connectivity index (χ3v) is 3.79. The SMILES string of the molecule is CNC(c1ccc(C)cc1)c1ccc2cccnc2c1O. The van der Waals surface area contributed by atoms with Gasteiger partial charge in [0.2, 0.25) is 0 Å². The van der Waals surface area contributed by atoms with Gasteiger partial charge < -0.3 is 10.4 Å². The van der Waals surface area contributed by atoms with Gasteiger partial charge in [0.15, 0.2) is 0 Å². The molecule has 21 heavy (non-hydrogen) atoms. The van der Waals surface area contributed by atoms with E-state index in [1.807, 2.05) is 31.3 Å². The van der Waals surface area contributed by atoms with Crippen molar-refractivity contribution in [1.82, 2.24) is 10.3 Å². The van der Waals surface area contributed by atoms with Crippen molar-refractivity contribution in [3.05, 3.63) is 71.4 Å². The Hall–Kier alpha value is -2.39. The van der Waals surface area contributed by atoms with Crippen molar-refractivity contribution in [2.45, 2.75) is 13.0 Å². The number of nitrogens with zero attached hydrogens (tertiary/aromatic N) is 1. The summed E-state index contributed by atoms with van der Waals surface area (Å²) in [5, 5.41) is 14.8. The molecule has 0 aliphatic heterocycles. The first kappa shape index (κ1) is 13.6. The van der Waals surface area contributed by atoms with E-state index < -0.39 is 0 Å². The van der Waals surface area contributed by atoms with Crippen LogP contribution in [0.3, 0.4) is 0 Å². The summed E-state index contributed by atoms with van der Waals surface area (Å²) in [6.07, 6.45) is 1.70. The van der Waals surface area contributed by atoms with Gasteiger partial charge in [-0.1, -0.05) is 48.0 Å². The highest BCUT2D eigenvalue weighted by molar-refractivity contribution is 5.85. The highest BCUT2D eigenvalue weighted by Crippen LogP contribution is 2.34. The van der Waals surface area contributed by atoms with Gasteiger partial charge in [-0.05, 0) is 25.6 Å². The van der Waals surface area contributed by atoms with Crippen LogP contribution in [0.1, 0.15) is 22.7 Å². The number of rotatable bonds is 3. The fourth-order valence-electron chi connectivity index (χ4n) is 2.64. The molecule has 0 aliphatic carbocycles. The van der Waals surface area contributed by atoms with Crippen LogP contribution in [0.5, 0.6) is 5.75 Å². The lowest BCUT2D eigenvalue weighted by atomic mass is 9.96. The van der Waals surface area contributed by atoms with Gasteiger partial charge in [0.1, 0.15) is 11.3 Å². The number of aromatic hydroxyl groups is 1.